The number of nitrogens with one attached hydrogen (secondary N) is 1. The Labute approximate surface area is 114 Å². The SMILES string of the molecule is C[C@@H](NCc1ccc(Cl)cc1Cl)C1CCCC1. The molecule has 0 heterocycles. The normalized spacial score (nSPS) is 18.5. The zero-order chi connectivity index (χ0) is 12.3. The maximum atomic E-state index is 6.15. The largest absolute Gasteiger partial charge is 0.310 e. The fourth-order valence-electron chi connectivity index (χ4n) is 2.56. The minimum Gasteiger partial charge on any atom is -0.310 e. The van der Waals surface area contributed by atoms with Gasteiger partial charge in [-0.25, -0.2) is 0 Å². The van der Waals surface area contributed by atoms with E-state index >= 15 is 0 Å². The summed E-state index contributed by atoms with van der Waals surface area (Å²) in [6.45, 7) is 3.10. The van der Waals surface area contributed by atoms with Gasteiger partial charge in [-0.3, -0.25) is 0 Å². The first-order valence-electron chi connectivity index (χ1n) is 6.34. The first kappa shape index (κ1) is 13.2. The Morgan fingerprint density at radius 1 is 1.29 bits per heavy atom. The summed E-state index contributed by atoms with van der Waals surface area (Å²) < 4.78 is 0. The van der Waals surface area contributed by atoms with Crippen LogP contribution in [0.4, 0.5) is 0 Å². The third-order valence-electron chi connectivity index (χ3n) is 3.74. The molecule has 1 fully saturated rings. The maximum absolute atomic E-state index is 6.15. The molecule has 1 aromatic carbocycles. The Kier molecular flexibility index (Phi) is 4.72. The smallest absolute Gasteiger partial charge is 0.0465 e. The van der Waals surface area contributed by atoms with Crippen LogP contribution in [0.25, 0.3) is 0 Å². The van der Waals surface area contributed by atoms with Crippen LogP contribution in [0.15, 0.2) is 18.2 Å². The number of hydrogen-bond acceptors (Lipinski definition) is 1. The number of rotatable bonds is 4. The van der Waals surface area contributed by atoms with Crippen molar-refractivity contribution >= 4 is 23.2 Å². The van der Waals surface area contributed by atoms with E-state index < -0.39 is 0 Å². The molecule has 0 saturated heterocycles. The monoisotopic (exact) mass is 271 g/mol. The Bertz CT molecular complexity index is 372. The molecule has 2 rings (SSSR count). The lowest BCUT2D eigenvalue weighted by Gasteiger charge is -2.20. The van der Waals surface area contributed by atoms with Crippen LogP contribution >= 0.6 is 23.2 Å². The average Bonchev–Trinajstić information content (AvgIpc) is 2.81. The highest BCUT2D eigenvalue weighted by molar-refractivity contribution is 6.35. The molecular formula is C14H19Cl2N. The first-order valence-corrected chi connectivity index (χ1v) is 7.09. The minimum absolute atomic E-state index is 0.573. The second-order valence-electron chi connectivity index (χ2n) is 4.95. The summed E-state index contributed by atoms with van der Waals surface area (Å²) in [5, 5.41) is 5.02. The summed E-state index contributed by atoms with van der Waals surface area (Å²) in [5.74, 6) is 0.834. The van der Waals surface area contributed by atoms with Crippen LogP contribution in [0.2, 0.25) is 10.0 Å². The molecule has 0 unspecified atom stereocenters. The summed E-state index contributed by atoms with van der Waals surface area (Å²) >= 11 is 12.0. The fraction of sp³-hybridized carbons (Fsp3) is 0.571. The molecule has 0 bridgehead atoms. The van der Waals surface area contributed by atoms with Gasteiger partial charge in [0.05, 0.1) is 0 Å². The van der Waals surface area contributed by atoms with Crippen LogP contribution in [0, 0.1) is 5.92 Å². The molecule has 3 heteroatoms. The van der Waals surface area contributed by atoms with Crippen molar-refractivity contribution in [2.75, 3.05) is 0 Å². The highest BCUT2D eigenvalue weighted by Crippen LogP contribution is 2.28. The van der Waals surface area contributed by atoms with Crippen molar-refractivity contribution in [2.45, 2.75) is 45.2 Å². The van der Waals surface area contributed by atoms with E-state index in [0.717, 1.165) is 23.0 Å². The van der Waals surface area contributed by atoms with Crippen molar-refractivity contribution in [2.24, 2.45) is 5.92 Å². The fourth-order valence-corrected chi connectivity index (χ4v) is 3.04. The number of halogens is 2. The van der Waals surface area contributed by atoms with Crippen LogP contribution in [-0.2, 0) is 6.54 Å². The quantitative estimate of drug-likeness (QED) is 0.840. The summed E-state index contributed by atoms with van der Waals surface area (Å²) in [6.07, 6.45) is 5.50. The lowest BCUT2D eigenvalue weighted by Crippen LogP contribution is -2.31. The van der Waals surface area contributed by atoms with Crippen LogP contribution in [0.1, 0.15) is 38.2 Å². The Balaban J connectivity index is 1.88. The Morgan fingerprint density at radius 2 is 2.00 bits per heavy atom. The predicted octanol–water partition coefficient (Wildman–Crippen LogP) is 4.66. The van der Waals surface area contributed by atoms with Crippen molar-refractivity contribution in [3.05, 3.63) is 33.8 Å². The summed E-state index contributed by atoms with van der Waals surface area (Å²) in [6, 6.07) is 6.27. The zero-order valence-electron chi connectivity index (χ0n) is 10.2. The highest BCUT2D eigenvalue weighted by atomic mass is 35.5. The van der Waals surface area contributed by atoms with Gasteiger partial charge in [-0.15, -0.1) is 0 Å². The van der Waals surface area contributed by atoms with E-state index in [4.69, 9.17) is 23.2 Å². The van der Waals surface area contributed by atoms with Gasteiger partial charge >= 0.3 is 0 Å². The molecule has 0 aromatic heterocycles. The number of hydrogen-bond donors (Lipinski definition) is 1. The van der Waals surface area contributed by atoms with Crippen LogP contribution < -0.4 is 5.32 Å². The molecule has 0 amide bonds. The van der Waals surface area contributed by atoms with E-state index in [0.29, 0.717) is 11.1 Å². The molecule has 0 aliphatic heterocycles. The molecule has 1 N–H and O–H groups in total. The van der Waals surface area contributed by atoms with Crippen molar-refractivity contribution in [1.29, 1.82) is 0 Å². The van der Waals surface area contributed by atoms with Gasteiger partial charge in [0.1, 0.15) is 0 Å². The van der Waals surface area contributed by atoms with Gasteiger partial charge in [0.25, 0.3) is 0 Å². The van der Waals surface area contributed by atoms with E-state index in [-0.39, 0.29) is 0 Å². The van der Waals surface area contributed by atoms with E-state index in [1.54, 1.807) is 6.07 Å². The van der Waals surface area contributed by atoms with E-state index in [2.05, 4.69) is 12.2 Å². The lowest BCUT2D eigenvalue weighted by molar-refractivity contribution is 0.380. The van der Waals surface area contributed by atoms with Crippen molar-refractivity contribution < 1.29 is 0 Å². The van der Waals surface area contributed by atoms with Crippen LogP contribution in [-0.4, -0.2) is 6.04 Å². The molecule has 94 valence electrons. The minimum atomic E-state index is 0.573. The van der Waals surface area contributed by atoms with Gasteiger partial charge in [-0.1, -0.05) is 42.1 Å². The zero-order valence-corrected chi connectivity index (χ0v) is 11.7. The van der Waals surface area contributed by atoms with E-state index in [1.807, 2.05) is 12.1 Å². The molecular weight excluding hydrogens is 253 g/mol. The van der Waals surface area contributed by atoms with Crippen molar-refractivity contribution in [1.82, 2.24) is 5.32 Å². The summed E-state index contributed by atoms with van der Waals surface area (Å²) in [7, 11) is 0. The molecule has 1 saturated carbocycles. The molecule has 1 atom stereocenters. The van der Waals surface area contributed by atoms with E-state index in [9.17, 15) is 0 Å². The predicted molar refractivity (Wildman–Crippen MR) is 74.7 cm³/mol. The standard InChI is InChI=1S/C14H19Cl2N/c1-10(11-4-2-3-5-11)17-9-12-6-7-13(15)8-14(12)16/h6-8,10-11,17H,2-5,9H2,1H3/t10-/m1/s1. The Hall–Kier alpha value is -0.240. The third-order valence-corrected chi connectivity index (χ3v) is 4.32. The van der Waals surface area contributed by atoms with Crippen molar-refractivity contribution in [3.8, 4) is 0 Å². The lowest BCUT2D eigenvalue weighted by atomic mass is 9.99. The second-order valence-corrected chi connectivity index (χ2v) is 5.79. The van der Waals surface area contributed by atoms with Gasteiger partial charge < -0.3 is 5.32 Å². The topological polar surface area (TPSA) is 12.0 Å². The average molecular weight is 272 g/mol. The highest BCUT2D eigenvalue weighted by Gasteiger charge is 2.20. The molecule has 0 spiro atoms. The first-order chi connectivity index (χ1) is 8.16. The molecule has 1 aliphatic rings. The molecule has 0 radical (unpaired) electrons. The van der Waals surface area contributed by atoms with E-state index in [1.165, 1.54) is 25.7 Å². The third kappa shape index (κ3) is 3.61. The van der Waals surface area contributed by atoms with Crippen LogP contribution in [0.3, 0.4) is 0 Å². The van der Waals surface area contributed by atoms with Gasteiger partial charge in [0.15, 0.2) is 0 Å². The summed E-state index contributed by atoms with van der Waals surface area (Å²) in [4.78, 5) is 0. The van der Waals surface area contributed by atoms with Gasteiger partial charge in [0.2, 0.25) is 0 Å². The Morgan fingerprint density at radius 3 is 2.65 bits per heavy atom. The summed E-state index contributed by atoms with van der Waals surface area (Å²) in [5.41, 5.74) is 1.13. The van der Waals surface area contributed by atoms with Gasteiger partial charge in [0, 0.05) is 22.6 Å². The van der Waals surface area contributed by atoms with Crippen LogP contribution in [0.5, 0.6) is 0 Å². The molecule has 1 aromatic rings. The molecule has 1 aliphatic carbocycles. The van der Waals surface area contributed by atoms with Gasteiger partial charge in [-0.05, 0) is 43.4 Å². The van der Waals surface area contributed by atoms with Gasteiger partial charge in [-0.2, -0.15) is 0 Å². The molecule has 1 nitrogen and oxygen atoms in total. The van der Waals surface area contributed by atoms with Crippen molar-refractivity contribution in [3.63, 3.8) is 0 Å². The maximum Gasteiger partial charge on any atom is 0.0465 e. The second kappa shape index (κ2) is 6.08. The number of benzene rings is 1. The molecule has 17 heavy (non-hydrogen) atoms.